The predicted molar refractivity (Wildman–Crippen MR) is 77.5 cm³/mol. The molecule has 22 heavy (non-hydrogen) atoms. The maximum atomic E-state index is 13.4. The van der Waals surface area contributed by atoms with Gasteiger partial charge in [0.25, 0.3) is 5.91 Å². The summed E-state index contributed by atoms with van der Waals surface area (Å²) in [6.07, 6.45) is 0.718. The molecule has 0 fully saturated rings. The minimum Gasteiger partial charge on any atom is -0.478 e. The van der Waals surface area contributed by atoms with Gasteiger partial charge in [0, 0.05) is 19.0 Å². The molecule has 2 aromatic rings. The van der Waals surface area contributed by atoms with E-state index in [0.29, 0.717) is 18.4 Å². The molecule has 0 aliphatic heterocycles. The first kappa shape index (κ1) is 15.8. The molecule has 0 aliphatic rings. The molecule has 0 atom stereocenters. The molecule has 0 spiro atoms. The fourth-order valence-electron chi connectivity index (χ4n) is 2.08. The van der Waals surface area contributed by atoms with Crippen LogP contribution in [0.5, 0.6) is 0 Å². The third kappa shape index (κ3) is 3.52. The smallest absolute Gasteiger partial charge is 0.339 e. The Kier molecular flexibility index (Phi) is 4.93. The third-order valence-electron chi connectivity index (χ3n) is 3.22. The first-order valence-corrected chi connectivity index (χ1v) is 6.90. The second-order valence-electron chi connectivity index (χ2n) is 4.70. The number of hydrogen-bond acceptors (Lipinski definition) is 3. The Hall–Kier alpha value is -2.63. The number of rotatable bonds is 6. The topological polar surface area (TPSA) is 79.5 Å². The van der Waals surface area contributed by atoms with E-state index in [-0.39, 0.29) is 29.4 Å². The highest BCUT2D eigenvalue weighted by molar-refractivity contribution is 5.96. The van der Waals surface area contributed by atoms with E-state index in [2.05, 4.69) is 5.32 Å². The number of furan rings is 1. The third-order valence-corrected chi connectivity index (χ3v) is 3.22. The summed E-state index contributed by atoms with van der Waals surface area (Å²) in [5.41, 5.74) is 0.490. The van der Waals surface area contributed by atoms with Crippen molar-refractivity contribution in [3.8, 4) is 0 Å². The molecule has 1 amide bonds. The molecule has 2 rings (SSSR count). The van der Waals surface area contributed by atoms with Crippen LogP contribution in [0.25, 0.3) is 0 Å². The van der Waals surface area contributed by atoms with Gasteiger partial charge in [-0.2, -0.15) is 0 Å². The Morgan fingerprint density at radius 3 is 2.64 bits per heavy atom. The molecule has 5 nitrogen and oxygen atoms in total. The Bertz CT molecular complexity index is 693. The summed E-state index contributed by atoms with van der Waals surface area (Å²) in [6, 6.07) is 7.53. The van der Waals surface area contributed by atoms with Gasteiger partial charge in [-0.15, -0.1) is 0 Å². The van der Waals surface area contributed by atoms with Crippen molar-refractivity contribution in [1.29, 1.82) is 0 Å². The molecule has 1 aromatic heterocycles. The normalized spacial score (nSPS) is 10.5. The van der Waals surface area contributed by atoms with Gasteiger partial charge in [-0.3, -0.25) is 4.79 Å². The van der Waals surface area contributed by atoms with Gasteiger partial charge in [0.05, 0.1) is 0 Å². The zero-order valence-electron chi connectivity index (χ0n) is 12.1. The van der Waals surface area contributed by atoms with Gasteiger partial charge in [-0.25, -0.2) is 9.18 Å². The number of carbonyl (C=O) groups excluding carboxylic acids is 1. The summed E-state index contributed by atoms with van der Waals surface area (Å²) in [5.74, 6) is -1.77. The molecular weight excluding hydrogens is 289 g/mol. The lowest BCUT2D eigenvalue weighted by Crippen LogP contribution is -2.25. The minimum atomic E-state index is -1.13. The number of carboxylic acid groups (broad SMARTS) is 1. The Balaban J connectivity index is 1.98. The number of amides is 1. The second-order valence-corrected chi connectivity index (χ2v) is 4.70. The molecule has 1 aromatic carbocycles. The highest BCUT2D eigenvalue weighted by atomic mass is 19.1. The fraction of sp³-hybridized carbons (Fsp3) is 0.250. The van der Waals surface area contributed by atoms with Crippen molar-refractivity contribution in [2.75, 3.05) is 6.54 Å². The van der Waals surface area contributed by atoms with E-state index < -0.39 is 11.9 Å². The van der Waals surface area contributed by atoms with Crippen LogP contribution >= 0.6 is 0 Å². The van der Waals surface area contributed by atoms with Crippen LogP contribution in [0.2, 0.25) is 0 Å². The molecule has 2 N–H and O–H groups in total. The molecule has 116 valence electrons. The molecule has 0 bridgehead atoms. The zero-order valence-corrected chi connectivity index (χ0v) is 12.1. The molecule has 0 saturated carbocycles. The summed E-state index contributed by atoms with van der Waals surface area (Å²) in [7, 11) is 0. The van der Waals surface area contributed by atoms with Crippen molar-refractivity contribution < 1.29 is 23.5 Å². The number of halogens is 1. The maximum absolute atomic E-state index is 13.4. The SMILES string of the molecule is CCc1oc(C(=O)NCCc2ccccc2F)cc1C(=O)O. The predicted octanol–water partition coefficient (Wildman–Crippen LogP) is 2.65. The van der Waals surface area contributed by atoms with Crippen molar-refractivity contribution in [2.24, 2.45) is 0 Å². The number of benzene rings is 1. The highest BCUT2D eigenvalue weighted by Gasteiger charge is 2.19. The number of aromatic carboxylic acids is 1. The van der Waals surface area contributed by atoms with Crippen LogP contribution in [-0.2, 0) is 12.8 Å². The molecule has 0 saturated heterocycles. The van der Waals surface area contributed by atoms with Crippen molar-refractivity contribution in [2.45, 2.75) is 19.8 Å². The second kappa shape index (κ2) is 6.89. The minimum absolute atomic E-state index is 0.0123. The van der Waals surface area contributed by atoms with Gasteiger partial charge < -0.3 is 14.8 Å². The molecule has 0 aliphatic carbocycles. The van der Waals surface area contributed by atoms with Gasteiger partial charge in [0.2, 0.25) is 0 Å². The summed E-state index contributed by atoms with van der Waals surface area (Å²) in [6.45, 7) is 1.97. The van der Waals surface area contributed by atoms with Crippen molar-refractivity contribution in [3.63, 3.8) is 0 Å². The van der Waals surface area contributed by atoms with Crippen molar-refractivity contribution in [1.82, 2.24) is 5.32 Å². The molecule has 0 unspecified atom stereocenters. The Morgan fingerprint density at radius 1 is 1.32 bits per heavy atom. The van der Waals surface area contributed by atoms with Crippen LogP contribution in [0.3, 0.4) is 0 Å². The molecule has 6 heteroatoms. The zero-order chi connectivity index (χ0) is 16.1. The van der Waals surface area contributed by atoms with Gasteiger partial charge in [0.15, 0.2) is 5.76 Å². The van der Waals surface area contributed by atoms with E-state index in [1.807, 2.05) is 0 Å². The number of aryl methyl sites for hydroxylation is 1. The van der Waals surface area contributed by atoms with E-state index >= 15 is 0 Å². The number of nitrogens with one attached hydrogen (secondary N) is 1. The highest BCUT2D eigenvalue weighted by Crippen LogP contribution is 2.16. The Labute approximate surface area is 126 Å². The summed E-state index contributed by atoms with van der Waals surface area (Å²) in [4.78, 5) is 23.0. The van der Waals surface area contributed by atoms with E-state index in [1.165, 1.54) is 12.1 Å². The lowest BCUT2D eigenvalue weighted by atomic mass is 10.1. The first-order chi connectivity index (χ1) is 10.5. The first-order valence-electron chi connectivity index (χ1n) is 6.90. The summed E-state index contributed by atoms with van der Waals surface area (Å²) < 4.78 is 18.7. The van der Waals surface area contributed by atoms with E-state index in [0.717, 1.165) is 0 Å². The van der Waals surface area contributed by atoms with Crippen LogP contribution in [0.15, 0.2) is 34.7 Å². The molecule has 0 radical (unpaired) electrons. The van der Waals surface area contributed by atoms with Crippen LogP contribution in [-0.4, -0.2) is 23.5 Å². The van der Waals surface area contributed by atoms with Gasteiger partial charge in [-0.05, 0) is 18.1 Å². The van der Waals surface area contributed by atoms with Gasteiger partial charge >= 0.3 is 5.97 Å². The van der Waals surface area contributed by atoms with Crippen LogP contribution in [0.1, 0.15) is 39.2 Å². The molecular formula is C16H16FNO4. The quantitative estimate of drug-likeness (QED) is 0.860. The van der Waals surface area contributed by atoms with Crippen LogP contribution in [0.4, 0.5) is 4.39 Å². The van der Waals surface area contributed by atoms with Gasteiger partial charge in [-0.1, -0.05) is 25.1 Å². The fourth-order valence-corrected chi connectivity index (χ4v) is 2.08. The standard InChI is InChI=1S/C16H16FNO4/c1-2-13-11(16(20)21)9-14(22-13)15(19)18-8-7-10-5-3-4-6-12(10)17/h3-6,9H,2,7-8H2,1H3,(H,18,19)(H,20,21). The number of hydrogen-bond donors (Lipinski definition) is 2. The average Bonchev–Trinajstić information content (AvgIpc) is 2.93. The van der Waals surface area contributed by atoms with E-state index in [1.54, 1.807) is 25.1 Å². The van der Waals surface area contributed by atoms with E-state index in [4.69, 9.17) is 9.52 Å². The van der Waals surface area contributed by atoms with Gasteiger partial charge in [0.1, 0.15) is 17.1 Å². The van der Waals surface area contributed by atoms with E-state index in [9.17, 15) is 14.0 Å². The average molecular weight is 305 g/mol. The van der Waals surface area contributed by atoms with Crippen molar-refractivity contribution >= 4 is 11.9 Å². The lowest BCUT2D eigenvalue weighted by Gasteiger charge is -2.04. The molecule has 1 heterocycles. The Morgan fingerprint density at radius 2 is 2.05 bits per heavy atom. The summed E-state index contributed by atoms with van der Waals surface area (Å²) >= 11 is 0. The van der Waals surface area contributed by atoms with Crippen LogP contribution < -0.4 is 5.32 Å². The number of carbonyl (C=O) groups is 2. The number of carboxylic acids is 1. The summed E-state index contributed by atoms with van der Waals surface area (Å²) in [5, 5.41) is 11.6. The van der Waals surface area contributed by atoms with Crippen molar-refractivity contribution in [3.05, 3.63) is 58.8 Å². The van der Waals surface area contributed by atoms with Crippen LogP contribution in [0, 0.1) is 5.82 Å². The lowest BCUT2D eigenvalue weighted by molar-refractivity contribution is 0.0694. The monoisotopic (exact) mass is 305 g/mol. The largest absolute Gasteiger partial charge is 0.478 e. The maximum Gasteiger partial charge on any atom is 0.339 e.